The highest BCUT2D eigenvalue weighted by Gasteiger charge is 2.45. The van der Waals surface area contributed by atoms with Crippen LogP contribution in [0.5, 0.6) is 0 Å². The Morgan fingerprint density at radius 1 is 1.09 bits per heavy atom. The highest BCUT2D eigenvalue weighted by Crippen LogP contribution is 2.45. The molecular weight excluding hydrogens is 622 g/mol. The lowest BCUT2D eigenvalue weighted by Gasteiger charge is -2.25. The normalized spacial score (nSPS) is 17.5. The van der Waals surface area contributed by atoms with Crippen LogP contribution in [0.4, 0.5) is 32.0 Å². The number of fused-ring (bicyclic) bond motifs is 1. The van der Waals surface area contributed by atoms with Crippen molar-refractivity contribution in [3.05, 3.63) is 65.1 Å². The first kappa shape index (κ1) is 31.1. The molecule has 0 spiro atoms. The minimum Gasteiger partial charge on any atom is -0.419 e. The number of benzene rings is 2. The predicted molar refractivity (Wildman–Crippen MR) is 140 cm³/mol. The van der Waals surface area contributed by atoms with E-state index in [-0.39, 0.29) is 23.8 Å². The van der Waals surface area contributed by atoms with E-state index < -0.39 is 79.5 Å². The smallest absolute Gasteiger partial charge is 0.419 e. The Bertz CT molecular complexity index is 1850. The van der Waals surface area contributed by atoms with Gasteiger partial charge in [0.05, 0.1) is 23.8 Å². The van der Waals surface area contributed by atoms with E-state index >= 15 is 13.2 Å². The largest absolute Gasteiger partial charge is 0.471 e. The van der Waals surface area contributed by atoms with Gasteiger partial charge in [-0.05, 0) is 31.5 Å². The zero-order chi connectivity index (χ0) is 32.4. The molecular formula is C26H22F6N6O5S. The Hall–Kier alpha value is -4.32. The van der Waals surface area contributed by atoms with Crippen molar-refractivity contribution >= 4 is 21.4 Å². The van der Waals surface area contributed by atoms with E-state index in [0.29, 0.717) is 11.6 Å². The number of carbonyl (C=O) groups is 1. The zero-order valence-electron chi connectivity index (χ0n) is 23.0. The summed E-state index contributed by atoms with van der Waals surface area (Å²) >= 11 is 0. The van der Waals surface area contributed by atoms with Gasteiger partial charge < -0.3 is 19.6 Å². The van der Waals surface area contributed by atoms with E-state index in [1.165, 1.54) is 38.1 Å². The van der Waals surface area contributed by atoms with Gasteiger partial charge >= 0.3 is 12.1 Å². The van der Waals surface area contributed by atoms with Crippen LogP contribution in [0.3, 0.4) is 0 Å². The molecule has 44 heavy (non-hydrogen) atoms. The molecule has 1 unspecified atom stereocenters. The summed E-state index contributed by atoms with van der Waals surface area (Å²) in [6.45, 7) is 2.21. The third-order valence-electron chi connectivity index (χ3n) is 7.15. The number of nitrogens with zero attached hydrogens (tertiary/aromatic N) is 5. The topological polar surface area (TPSA) is 158 Å². The van der Waals surface area contributed by atoms with Gasteiger partial charge in [-0.15, -0.1) is 10.2 Å². The van der Waals surface area contributed by atoms with Gasteiger partial charge in [-0.25, -0.2) is 21.6 Å². The number of alkyl halides is 5. The molecule has 18 heteroatoms. The van der Waals surface area contributed by atoms with Crippen LogP contribution in [0.15, 0.2) is 45.3 Å². The molecule has 234 valence electrons. The Labute approximate surface area is 245 Å². The summed E-state index contributed by atoms with van der Waals surface area (Å²) in [5.41, 5.74) is 4.51. The molecule has 1 aliphatic rings. The SMILES string of the molecule is CC(C)(c1nnc(-c2cc3c(cc2F)C(F)(F)CC(N)C(=O)N3Cc2ccc(-c3noc(C(F)(F)F)n3)cc2)o1)S(C)(=O)=O. The number of rotatable bonds is 6. The second-order valence-electron chi connectivity index (χ2n) is 10.6. The summed E-state index contributed by atoms with van der Waals surface area (Å²) in [7, 11) is -3.77. The molecule has 1 atom stereocenters. The minimum atomic E-state index is -4.85. The van der Waals surface area contributed by atoms with Crippen molar-refractivity contribution in [2.45, 2.75) is 49.7 Å². The number of anilines is 1. The van der Waals surface area contributed by atoms with E-state index in [4.69, 9.17) is 10.2 Å². The van der Waals surface area contributed by atoms with Crippen molar-refractivity contribution in [3.8, 4) is 22.8 Å². The van der Waals surface area contributed by atoms with Crippen molar-refractivity contribution in [2.75, 3.05) is 11.2 Å². The Balaban J connectivity index is 1.55. The highest BCUT2D eigenvalue weighted by molar-refractivity contribution is 7.91. The van der Waals surface area contributed by atoms with Gasteiger partial charge in [-0.3, -0.25) is 4.79 Å². The number of hydrogen-bond acceptors (Lipinski definition) is 10. The number of carbonyl (C=O) groups excluding carboxylic acids is 1. The molecule has 0 saturated carbocycles. The highest BCUT2D eigenvalue weighted by atomic mass is 32.2. The van der Waals surface area contributed by atoms with Gasteiger partial charge in [-0.1, -0.05) is 29.4 Å². The first-order chi connectivity index (χ1) is 20.3. The van der Waals surface area contributed by atoms with Crippen molar-refractivity contribution < 1.29 is 48.5 Å². The maximum Gasteiger partial charge on any atom is 0.471 e. The lowest BCUT2D eigenvalue weighted by molar-refractivity contribution is -0.159. The summed E-state index contributed by atoms with van der Waals surface area (Å²) in [4.78, 5) is 17.5. The van der Waals surface area contributed by atoms with Gasteiger partial charge in [0.25, 0.3) is 11.8 Å². The van der Waals surface area contributed by atoms with E-state index in [9.17, 15) is 26.4 Å². The fourth-order valence-corrected chi connectivity index (χ4v) is 4.73. The minimum absolute atomic E-state index is 0.132. The van der Waals surface area contributed by atoms with Gasteiger partial charge in [0, 0.05) is 23.8 Å². The molecule has 2 aromatic carbocycles. The van der Waals surface area contributed by atoms with Gasteiger partial charge in [0.15, 0.2) is 9.84 Å². The van der Waals surface area contributed by atoms with Crippen LogP contribution in [-0.4, -0.2) is 47.0 Å². The fourth-order valence-electron chi connectivity index (χ4n) is 4.33. The van der Waals surface area contributed by atoms with Crippen LogP contribution in [0.25, 0.3) is 22.8 Å². The molecule has 2 N–H and O–H groups in total. The van der Waals surface area contributed by atoms with Crippen LogP contribution in [0.1, 0.15) is 43.2 Å². The van der Waals surface area contributed by atoms with E-state index in [2.05, 4.69) is 24.9 Å². The molecule has 11 nitrogen and oxygen atoms in total. The summed E-state index contributed by atoms with van der Waals surface area (Å²) in [6.07, 6.45) is -5.04. The average Bonchev–Trinajstić information content (AvgIpc) is 3.61. The Morgan fingerprint density at radius 3 is 2.34 bits per heavy atom. The second kappa shape index (κ2) is 10.4. The van der Waals surface area contributed by atoms with Crippen LogP contribution in [-0.2, 0) is 38.0 Å². The Kier molecular flexibility index (Phi) is 7.35. The maximum absolute atomic E-state index is 15.3. The summed E-state index contributed by atoms with van der Waals surface area (Å²) in [5.74, 6) is -8.69. The van der Waals surface area contributed by atoms with E-state index in [1.807, 2.05) is 0 Å². The number of sulfone groups is 1. The molecule has 1 aliphatic heterocycles. The van der Waals surface area contributed by atoms with Crippen molar-refractivity contribution in [1.29, 1.82) is 0 Å². The molecule has 4 aromatic rings. The zero-order valence-corrected chi connectivity index (χ0v) is 23.8. The fraction of sp³-hybridized carbons (Fsp3) is 0.346. The number of nitrogens with two attached hydrogens (primary N) is 1. The summed E-state index contributed by atoms with van der Waals surface area (Å²) < 4.78 is 117. The van der Waals surface area contributed by atoms with Crippen LogP contribution in [0, 0.1) is 5.82 Å². The molecule has 0 aliphatic carbocycles. The quantitative estimate of drug-likeness (QED) is 0.295. The van der Waals surface area contributed by atoms with Crippen molar-refractivity contribution in [1.82, 2.24) is 20.3 Å². The van der Waals surface area contributed by atoms with Gasteiger partial charge in [0.2, 0.25) is 17.6 Å². The molecule has 0 saturated heterocycles. The molecule has 3 heterocycles. The molecule has 0 fully saturated rings. The third-order valence-corrected chi connectivity index (χ3v) is 9.18. The number of aromatic nitrogens is 4. The second-order valence-corrected chi connectivity index (χ2v) is 13.2. The number of halogens is 6. The molecule has 5 rings (SSSR count). The van der Waals surface area contributed by atoms with E-state index in [0.717, 1.165) is 17.2 Å². The van der Waals surface area contributed by atoms with E-state index in [1.54, 1.807) is 0 Å². The van der Waals surface area contributed by atoms with Gasteiger partial charge in [0.1, 0.15) is 10.6 Å². The predicted octanol–water partition coefficient (Wildman–Crippen LogP) is 4.58. The summed E-state index contributed by atoms with van der Waals surface area (Å²) in [6, 6.07) is 5.19. The number of hydrogen-bond donors (Lipinski definition) is 1. The van der Waals surface area contributed by atoms with Gasteiger partial charge in [-0.2, -0.15) is 18.2 Å². The monoisotopic (exact) mass is 644 g/mol. The lowest BCUT2D eigenvalue weighted by Crippen LogP contribution is -2.43. The lowest BCUT2D eigenvalue weighted by atomic mass is 9.99. The summed E-state index contributed by atoms with van der Waals surface area (Å²) in [5, 5.41) is 10.7. The van der Waals surface area contributed by atoms with Crippen LogP contribution < -0.4 is 10.6 Å². The maximum atomic E-state index is 15.3. The Morgan fingerprint density at radius 2 is 1.75 bits per heavy atom. The van der Waals surface area contributed by atoms with Crippen molar-refractivity contribution in [3.63, 3.8) is 0 Å². The molecule has 0 radical (unpaired) electrons. The standard InChI is InChI=1S/C26H22F6N6O5S/c1-24(2,44(3,40)41)22-36-35-20(42-22)14-8-18-15(9-16(14)27)25(28,29)10-17(33)21(39)38(18)11-12-4-6-13(7-5-12)19-34-23(43-37-19)26(30,31)32/h4-9,17H,10-11,33H2,1-3H3. The first-order valence-electron chi connectivity index (χ1n) is 12.6. The van der Waals surface area contributed by atoms with Crippen molar-refractivity contribution in [2.24, 2.45) is 5.73 Å². The third kappa shape index (κ3) is 5.54. The number of amides is 1. The first-order valence-corrected chi connectivity index (χ1v) is 14.5. The average molecular weight is 645 g/mol. The molecule has 1 amide bonds. The molecule has 2 aromatic heterocycles. The molecule has 0 bridgehead atoms. The van der Waals surface area contributed by atoms with Crippen LogP contribution in [0.2, 0.25) is 0 Å². The van der Waals surface area contributed by atoms with Crippen LogP contribution >= 0.6 is 0 Å².